The maximum absolute atomic E-state index is 11.7. The van der Waals surface area contributed by atoms with Crippen LogP contribution in [-0.2, 0) is 16.1 Å². The SMILES string of the molecule is COC(=O)[C@]12C[C@@H]1c1cc(Cl)ccc1CN2. The van der Waals surface area contributed by atoms with E-state index in [1.165, 1.54) is 18.2 Å². The number of carbonyl (C=O) groups is 1. The summed E-state index contributed by atoms with van der Waals surface area (Å²) in [6, 6.07) is 5.87. The Balaban J connectivity index is 2.00. The first-order chi connectivity index (χ1) is 7.67. The van der Waals surface area contributed by atoms with Crippen LogP contribution in [0, 0.1) is 0 Å². The smallest absolute Gasteiger partial charge is 0.326 e. The summed E-state index contributed by atoms with van der Waals surface area (Å²) < 4.78 is 4.85. The van der Waals surface area contributed by atoms with Crippen molar-refractivity contribution in [1.82, 2.24) is 5.32 Å². The molecule has 0 bridgehead atoms. The fraction of sp³-hybridized carbons (Fsp3) is 0.417. The maximum atomic E-state index is 11.7. The Morgan fingerprint density at radius 3 is 3.19 bits per heavy atom. The molecule has 3 nitrogen and oxygen atoms in total. The van der Waals surface area contributed by atoms with E-state index in [0.29, 0.717) is 6.54 Å². The molecule has 0 unspecified atom stereocenters. The lowest BCUT2D eigenvalue weighted by Gasteiger charge is -2.24. The number of ether oxygens (including phenoxy) is 1. The normalized spacial score (nSPS) is 30.2. The number of rotatable bonds is 1. The Morgan fingerprint density at radius 1 is 1.62 bits per heavy atom. The zero-order valence-electron chi connectivity index (χ0n) is 8.92. The van der Waals surface area contributed by atoms with E-state index in [0.717, 1.165) is 11.4 Å². The molecule has 1 saturated carbocycles. The van der Waals surface area contributed by atoms with Gasteiger partial charge < -0.3 is 4.74 Å². The number of halogens is 1. The Morgan fingerprint density at radius 2 is 2.44 bits per heavy atom. The minimum Gasteiger partial charge on any atom is -0.468 e. The van der Waals surface area contributed by atoms with Crippen LogP contribution in [0.5, 0.6) is 0 Å². The number of methoxy groups -OCH3 is 1. The fourth-order valence-corrected chi connectivity index (χ4v) is 2.80. The van der Waals surface area contributed by atoms with Crippen LogP contribution in [0.3, 0.4) is 0 Å². The Labute approximate surface area is 98.7 Å². The third-order valence-electron chi connectivity index (χ3n) is 3.59. The highest BCUT2D eigenvalue weighted by molar-refractivity contribution is 6.30. The quantitative estimate of drug-likeness (QED) is 0.758. The molecule has 84 valence electrons. The second-order valence-corrected chi connectivity index (χ2v) is 4.85. The Kier molecular flexibility index (Phi) is 2.03. The van der Waals surface area contributed by atoms with Crippen molar-refractivity contribution < 1.29 is 9.53 Å². The van der Waals surface area contributed by atoms with Crippen LogP contribution in [0.25, 0.3) is 0 Å². The molecule has 1 aliphatic heterocycles. The average molecular weight is 238 g/mol. The predicted octanol–water partition coefficient (Wildman–Crippen LogP) is 1.84. The lowest BCUT2D eigenvalue weighted by atomic mass is 9.96. The van der Waals surface area contributed by atoms with E-state index >= 15 is 0 Å². The molecule has 1 N–H and O–H groups in total. The van der Waals surface area contributed by atoms with Crippen LogP contribution >= 0.6 is 11.6 Å². The number of nitrogens with one attached hydrogen (secondary N) is 1. The van der Waals surface area contributed by atoms with Crippen molar-refractivity contribution in [3.8, 4) is 0 Å². The molecule has 0 aromatic heterocycles. The molecule has 1 heterocycles. The van der Waals surface area contributed by atoms with Crippen LogP contribution in [0.15, 0.2) is 18.2 Å². The summed E-state index contributed by atoms with van der Waals surface area (Å²) in [4.78, 5) is 11.7. The van der Waals surface area contributed by atoms with E-state index in [2.05, 4.69) is 5.32 Å². The van der Waals surface area contributed by atoms with Gasteiger partial charge in [-0.1, -0.05) is 17.7 Å². The van der Waals surface area contributed by atoms with Crippen molar-refractivity contribution in [2.45, 2.75) is 24.4 Å². The molecule has 2 atom stereocenters. The molecule has 0 spiro atoms. The molecule has 3 rings (SSSR count). The first-order valence-corrected chi connectivity index (χ1v) is 5.67. The molecule has 4 heteroatoms. The molecule has 2 aliphatic rings. The number of hydrogen-bond acceptors (Lipinski definition) is 3. The summed E-state index contributed by atoms with van der Waals surface area (Å²) >= 11 is 5.98. The summed E-state index contributed by atoms with van der Waals surface area (Å²) in [5.41, 5.74) is 1.94. The highest BCUT2D eigenvalue weighted by Crippen LogP contribution is 2.55. The van der Waals surface area contributed by atoms with Crippen LogP contribution in [0.2, 0.25) is 5.02 Å². The first-order valence-electron chi connectivity index (χ1n) is 5.29. The van der Waals surface area contributed by atoms with Crippen LogP contribution in [0.4, 0.5) is 0 Å². The van der Waals surface area contributed by atoms with Gasteiger partial charge in [-0.2, -0.15) is 0 Å². The first kappa shape index (κ1) is 10.1. The van der Waals surface area contributed by atoms with Gasteiger partial charge in [-0.3, -0.25) is 10.1 Å². The molecular weight excluding hydrogens is 226 g/mol. The van der Waals surface area contributed by atoms with Gasteiger partial charge in [-0.05, 0) is 29.7 Å². The van der Waals surface area contributed by atoms with Gasteiger partial charge in [0.1, 0.15) is 5.54 Å². The largest absolute Gasteiger partial charge is 0.468 e. The van der Waals surface area contributed by atoms with Gasteiger partial charge in [0.2, 0.25) is 0 Å². The van der Waals surface area contributed by atoms with Crippen molar-refractivity contribution in [2.24, 2.45) is 0 Å². The lowest BCUT2D eigenvalue weighted by Crippen LogP contribution is -2.43. The number of benzene rings is 1. The van der Waals surface area contributed by atoms with E-state index in [1.54, 1.807) is 0 Å². The molecule has 0 amide bonds. The molecule has 1 fully saturated rings. The average Bonchev–Trinajstić information content (AvgIpc) is 3.04. The molecule has 1 aromatic carbocycles. The summed E-state index contributed by atoms with van der Waals surface area (Å²) in [6.07, 6.45) is 0.813. The van der Waals surface area contributed by atoms with Gasteiger partial charge in [-0.25, -0.2) is 0 Å². The number of carbonyl (C=O) groups excluding carboxylic acids is 1. The summed E-state index contributed by atoms with van der Waals surface area (Å²) in [5, 5.41) is 4.01. The molecule has 0 saturated heterocycles. The van der Waals surface area contributed by atoms with E-state index in [-0.39, 0.29) is 11.9 Å². The highest BCUT2D eigenvalue weighted by atomic mass is 35.5. The predicted molar refractivity (Wildman–Crippen MR) is 60.4 cm³/mol. The molecule has 0 radical (unpaired) electrons. The number of esters is 1. The van der Waals surface area contributed by atoms with Gasteiger partial charge in [0.25, 0.3) is 0 Å². The molecular formula is C12H12ClNO2. The maximum Gasteiger partial charge on any atom is 0.326 e. The fourth-order valence-electron chi connectivity index (χ4n) is 2.62. The van der Waals surface area contributed by atoms with Gasteiger partial charge in [0.15, 0.2) is 0 Å². The Hall–Kier alpha value is -1.06. The standard InChI is InChI=1S/C12H12ClNO2/c1-16-11(15)12-5-10(12)9-4-8(13)3-2-7(9)6-14-12/h2-4,10,14H,5-6H2,1H3/t10-,12+/m1/s1. The van der Waals surface area contributed by atoms with E-state index in [4.69, 9.17) is 16.3 Å². The van der Waals surface area contributed by atoms with Crippen molar-refractivity contribution in [1.29, 1.82) is 0 Å². The van der Waals surface area contributed by atoms with Crippen molar-refractivity contribution in [2.75, 3.05) is 7.11 Å². The van der Waals surface area contributed by atoms with E-state index < -0.39 is 5.54 Å². The zero-order chi connectivity index (χ0) is 11.3. The number of fused-ring (bicyclic) bond motifs is 3. The minimum absolute atomic E-state index is 0.164. The van der Waals surface area contributed by atoms with Gasteiger partial charge in [0, 0.05) is 17.5 Å². The summed E-state index contributed by atoms with van der Waals surface area (Å²) in [5.74, 6) is 0.0607. The van der Waals surface area contributed by atoms with Gasteiger partial charge >= 0.3 is 5.97 Å². The lowest BCUT2D eigenvalue weighted by molar-refractivity contribution is -0.144. The van der Waals surface area contributed by atoms with Crippen molar-refractivity contribution in [3.05, 3.63) is 34.3 Å². The van der Waals surface area contributed by atoms with Crippen molar-refractivity contribution >= 4 is 17.6 Å². The summed E-state index contributed by atoms with van der Waals surface area (Å²) in [7, 11) is 1.43. The van der Waals surface area contributed by atoms with Crippen LogP contribution in [-0.4, -0.2) is 18.6 Å². The third-order valence-corrected chi connectivity index (χ3v) is 3.82. The second-order valence-electron chi connectivity index (χ2n) is 4.42. The Bertz CT molecular complexity index is 474. The van der Waals surface area contributed by atoms with Crippen LogP contribution in [0.1, 0.15) is 23.5 Å². The molecule has 1 aliphatic carbocycles. The van der Waals surface area contributed by atoms with E-state index in [1.807, 2.05) is 18.2 Å². The monoisotopic (exact) mass is 237 g/mol. The van der Waals surface area contributed by atoms with Gasteiger partial charge in [-0.15, -0.1) is 0 Å². The third kappa shape index (κ3) is 1.22. The molecule has 16 heavy (non-hydrogen) atoms. The second kappa shape index (κ2) is 3.22. The topological polar surface area (TPSA) is 38.3 Å². The van der Waals surface area contributed by atoms with Crippen molar-refractivity contribution in [3.63, 3.8) is 0 Å². The minimum atomic E-state index is -0.480. The number of hydrogen-bond donors (Lipinski definition) is 1. The van der Waals surface area contributed by atoms with Gasteiger partial charge in [0.05, 0.1) is 7.11 Å². The molecule has 1 aromatic rings. The zero-order valence-corrected chi connectivity index (χ0v) is 9.67. The van der Waals surface area contributed by atoms with E-state index in [9.17, 15) is 4.79 Å². The highest BCUT2D eigenvalue weighted by Gasteiger charge is 2.63. The van der Waals surface area contributed by atoms with Crippen LogP contribution < -0.4 is 5.32 Å². The summed E-state index contributed by atoms with van der Waals surface area (Å²) in [6.45, 7) is 0.706.